The van der Waals surface area contributed by atoms with Gasteiger partial charge in [-0.25, -0.2) is 14.4 Å². The Kier molecular flexibility index (Phi) is 13.9. The molecule has 314 valence electrons. The Hall–Kier alpha value is -6.34. The minimum Gasteiger partial charge on any atom is -0.489 e. The molecular formula is C43H38F4N8O4S2. The summed E-state index contributed by atoms with van der Waals surface area (Å²) in [4.78, 5) is 35.4. The van der Waals surface area contributed by atoms with Crippen LogP contribution >= 0.6 is 22.7 Å². The molecule has 0 saturated carbocycles. The number of nitrogens with zero attached hydrogens (tertiary/aromatic N) is 5. The van der Waals surface area contributed by atoms with Gasteiger partial charge in [0.25, 0.3) is 5.91 Å². The van der Waals surface area contributed by atoms with Crippen molar-refractivity contribution in [3.63, 3.8) is 0 Å². The van der Waals surface area contributed by atoms with Gasteiger partial charge in [0.1, 0.15) is 23.9 Å². The fraction of sp³-hybridized carbons (Fsp3) is 0.209. The molecule has 0 fully saturated rings. The summed E-state index contributed by atoms with van der Waals surface area (Å²) in [7, 11) is 0. The quantitative estimate of drug-likeness (QED) is 0.0385. The number of carbonyl (C=O) groups is 2. The van der Waals surface area contributed by atoms with Crippen molar-refractivity contribution in [2.75, 3.05) is 30.1 Å². The Labute approximate surface area is 355 Å². The van der Waals surface area contributed by atoms with E-state index < -0.39 is 23.5 Å². The molecule has 4 aromatic carbocycles. The summed E-state index contributed by atoms with van der Waals surface area (Å²) >= 11 is 2.60. The van der Waals surface area contributed by atoms with Crippen LogP contribution in [0.4, 0.5) is 27.8 Å². The summed E-state index contributed by atoms with van der Waals surface area (Å²) in [5.41, 5.74) is 6.51. The molecule has 2 aromatic heterocycles. The van der Waals surface area contributed by atoms with Gasteiger partial charge < -0.3 is 20.5 Å². The third kappa shape index (κ3) is 10.9. The van der Waals surface area contributed by atoms with Crippen LogP contribution in [0.15, 0.2) is 118 Å². The van der Waals surface area contributed by atoms with Gasteiger partial charge in [-0.15, -0.1) is 22.7 Å². The third-order valence-corrected chi connectivity index (χ3v) is 10.8. The number of benzene rings is 4. The number of nitrogens with one attached hydrogen (secondary N) is 3. The first-order valence-electron chi connectivity index (χ1n) is 19.1. The van der Waals surface area contributed by atoms with Gasteiger partial charge in [0.2, 0.25) is 10.3 Å². The first kappa shape index (κ1) is 42.8. The van der Waals surface area contributed by atoms with E-state index in [0.717, 1.165) is 40.8 Å². The lowest BCUT2D eigenvalue weighted by Gasteiger charge is -2.15. The van der Waals surface area contributed by atoms with Gasteiger partial charge in [-0.1, -0.05) is 60.7 Å². The Morgan fingerprint density at radius 3 is 2.48 bits per heavy atom. The van der Waals surface area contributed by atoms with Gasteiger partial charge in [-0.05, 0) is 60.7 Å². The largest absolute Gasteiger partial charge is 0.489 e. The number of aliphatic hydroxyl groups excluding tert-OH is 1. The third-order valence-electron chi connectivity index (χ3n) is 9.32. The predicted molar refractivity (Wildman–Crippen MR) is 227 cm³/mol. The summed E-state index contributed by atoms with van der Waals surface area (Å²) in [5.74, 6) is -1.56. The Morgan fingerprint density at radius 1 is 0.918 bits per heavy atom. The zero-order chi connectivity index (χ0) is 42.8. The van der Waals surface area contributed by atoms with Gasteiger partial charge in [-0.3, -0.25) is 15.0 Å². The SMILES string of the molecule is O=C(NCCCCc1ccc(OCc2ccc(F)c(C(F)(F)F)c2)c(CNCCO)c1)c1ccc(-c2csc(N3N=C(c4ccccc4)C(=NNc4nccs4)C3=O)n2)cc1. The highest BCUT2D eigenvalue weighted by Gasteiger charge is 2.36. The molecule has 0 spiro atoms. The topological polar surface area (TPSA) is 153 Å². The first-order valence-corrected chi connectivity index (χ1v) is 20.8. The van der Waals surface area contributed by atoms with Crippen molar-refractivity contribution in [3.8, 4) is 17.0 Å². The highest BCUT2D eigenvalue weighted by atomic mass is 32.1. The smallest absolute Gasteiger partial charge is 0.419 e. The highest BCUT2D eigenvalue weighted by molar-refractivity contribution is 7.14. The molecular weight excluding hydrogens is 833 g/mol. The average Bonchev–Trinajstić information content (AvgIpc) is 4.04. The second-order valence-electron chi connectivity index (χ2n) is 13.6. The van der Waals surface area contributed by atoms with Crippen LogP contribution < -0.4 is 25.8 Å². The lowest BCUT2D eigenvalue weighted by atomic mass is 10.0. The van der Waals surface area contributed by atoms with E-state index in [-0.39, 0.29) is 30.4 Å². The van der Waals surface area contributed by atoms with Gasteiger partial charge in [0.05, 0.1) is 17.9 Å². The molecule has 7 rings (SSSR count). The van der Waals surface area contributed by atoms with Crippen LogP contribution in [0.1, 0.15) is 51.0 Å². The van der Waals surface area contributed by atoms with Crippen molar-refractivity contribution in [3.05, 3.63) is 147 Å². The summed E-state index contributed by atoms with van der Waals surface area (Å²) in [5, 5.41) is 30.0. The van der Waals surface area contributed by atoms with Gasteiger partial charge in [-0.2, -0.15) is 28.4 Å². The van der Waals surface area contributed by atoms with Crippen LogP contribution in [0.3, 0.4) is 0 Å². The molecule has 4 N–H and O–H groups in total. The number of hydrogen-bond acceptors (Lipinski definition) is 12. The summed E-state index contributed by atoms with van der Waals surface area (Å²) < 4.78 is 59.2. The second kappa shape index (κ2) is 19.8. The van der Waals surface area contributed by atoms with Crippen LogP contribution in [0.2, 0.25) is 0 Å². The number of aliphatic hydroxyl groups is 1. The molecule has 12 nitrogen and oxygen atoms in total. The van der Waals surface area contributed by atoms with E-state index in [9.17, 15) is 32.3 Å². The number of anilines is 2. The second-order valence-corrected chi connectivity index (χ2v) is 15.3. The molecule has 0 atom stereocenters. The number of unbranched alkanes of at least 4 members (excludes halogenated alkanes) is 1. The fourth-order valence-electron chi connectivity index (χ4n) is 6.25. The minimum atomic E-state index is -4.82. The van der Waals surface area contributed by atoms with Crippen molar-refractivity contribution >= 4 is 56.2 Å². The van der Waals surface area contributed by atoms with Crippen LogP contribution in [0.5, 0.6) is 5.75 Å². The maximum absolute atomic E-state index is 13.8. The number of halogens is 4. The number of ether oxygens (including phenoxy) is 1. The van der Waals surface area contributed by atoms with E-state index in [0.29, 0.717) is 65.5 Å². The Bertz CT molecular complexity index is 2510. The van der Waals surface area contributed by atoms with E-state index in [4.69, 9.17) is 4.74 Å². The molecule has 1 aliphatic heterocycles. The van der Waals surface area contributed by atoms with Crippen molar-refractivity contribution < 1.29 is 37.0 Å². The minimum absolute atomic E-state index is 0.0753. The van der Waals surface area contributed by atoms with E-state index in [1.165, 1.54) is 33.7 Å². The van der Waals surface area contributed by atoms with Crippen molar-refractivity contribution in [1.82, 2.24) is 20.6 Å². The van der Waals surface area contributed by atoms with Crippen LogP contribution in [0, 0.1) is 5.82 Å². The number of aryl methyl sites for hydroxylation is 1. The number of hydrogen-bond donors (Lipinski definition) is 4. The van der Waals surface area contributed by atoms with Crippen molar-refractivity contribution in [1.29, 1.82) is 0 Å². The summed E-state index contributed by atoms with van der Waals surface area (Å²) in [6.45, 7) is 0.863. The van der Waals surface area contributed by atoms with Crippen LogP contribution in [-0.4, -0.2) is 58.0 Å². The maximum Gasteiger partial charge on any atom is 0.419 e. The molecule has 18 heteroatoms. The monoisotopic (exact) mass is 870 g/mol. The van der Waals surface area contributed by atoms with Gasteiger partial charge in [0, 0.05) is 58.8 Å². The molecule has 0 radical (unpaired) electrons. The number of thiazole rings is 2. The Morgan fingerprint density at radius 2 is 1.72 bits per heavy atom. The molecule has 1 aliphatic rings. The number of alkyl halides is 3. The summed E-state index contributed by atoms with van der Waals surface area (Å²) in [6, 6.07) is 24.6. The van der Waals surface area contributed by atoms with Gasteiger partial charge in [0.15, 0.2) is 5.71 Å². The fourth-order valence-corrected chi connectivity index (χ4v) is 7.50. The first-order chi connectivity index (χ1) is 29.6. The normalized spacial score (nSPS) is 13.5. The lowest BCUT2D eigenvalue weighted by Crippen LogP contribution is -2.28. The summed E-state index contributed by atoms with van der Waals surface area (Å²) in [6.07, 6.45) is -1.03. The molecule has 0 unspecified atom stereocenters. The van der Waals surface area contributed by atoms with Crippen molar-refractivity contribution in [2.24, 2.45) is 10.2 Å². The zero-order valence-electron chi connectivity index (χ0n) is 32.3. The molecule has 0 aliphatic carbocycles. The predicted octanol–water partition coefficient (Wildman–Crippen LogP) is 8.06. The number of carbonyl (C=O) groups excluding carboxylic acids is 2. The number of rotatable bonds is 18. The van der Waals surface area contributed by atoms with E-state index in [1.807, 2.05) is 47.8 Å². The molecule has 6 aromatic rings. The zero-order valence-corrected chi connectivity index (χ0v) is 33.9. The van der Waals surface area contributed by atoms with E-state index >= 15 is 0 Å². The molecule has 3 heterocycles. The standard InChI is InChI=1S/C43H38F4N8O4S2/c44-34-15-9-28(23-33(34)43(45,46)47)25-59-36-16-10-27(22-32(36)24-48-18-20-56)6-4-5-17-49-39(57)31-13-11-29(12-14-31)35-26-61-42(51-35)55-40(58)38(52-53-41-50-19-21-60-41)37(54-55)30-7-2-1-3-8-30/h1-3,7-16,19,21-23,26,48,56H,4-6,17-18,20,24-25H2,(H,49,57)(H,50,53). The number of hydrazone groups is 2. The average molecular weight is 871 g/mol. The Balaban J connectivity index is 0.912. The van der Waals surface area contributed by atoms with E-state index in [1.54, 1.807) is 41.9 Å². The molecule has 0 saturated heterocycles. The van der Waals surface area contributed by atoms with E-state index in [2.05, 4.69) is 36.2 Å². The van der Waals surface area contributed by atoms with Crippen molar-refractivity contribution in [2.45, 2.75) is 38.6 Å². The molecule has 61 heavy (non-hydrogen) atoms. The number of aromatic nitrogens is 2. The lowest BCUT2D eigenvalue weighted by molar-refractivity contribution is -0.140. The van der Waals surface area contributed by atoms with Gasteiger partial charge >= 0.3 is 12.1 Å². The van der Waals surface area contributed by atoms with Crippen LogP contribution in [-0.2, 0) is 30.5 Å². The van der Waals surface area contributed by atoms with Crippen LogP contribution in [0.25, 0.3) is 11.3 Å². The molecule has 0 bridgehead atoms. The maximum atomic E-state index is 13.8. The number of amides is 2. The molecule has 2 amide bonds. The highest BCUT2D eigenvalue weighted by Crippen LogP contribution is 2.33.